The molecule has 1 saturated heterocycles. The number of carbonyl (C=O) groups is 2. The van der Waals surface area contributed by atoms with E-state index in [0.29, 0.717) is 31.1 Å². The average Bonchev–Trinajstić information content (AvgIpc) is 2.76. The lowest BCUT2D eigenvalue weighted by Crippen LogP contribution is -2.67. The number of hydrogen-bond acceptors (Lipinski definition) is 6. The fourth-order valence-electron chi connectivity index (χ4n) is 6.43. The summed E-state index contributed by atoms with van der Waals surface area (Å²) in [6.07, 6.45) is 4.34. The molecule has 4 atom stereocenters. The van der Waals surface area contributed by atoms with Gasteiger partial charge in [0.25, 0.3) is 0 Å². The van der Waals surface area contributed by atoms with Gasteiger partial charge in [0.2, 0.25) is 5.12 Å². The SMILES string of the molecule is CCSC(=O)C12C(=O)Oc3ccccc3C1CC1(OCC(C)(C)CO1)C1CCCCC12. The van der Waals surface area contributed by atoms with Gasteiger partial charge in [-0.15, -0.1) is 0 Å². The van der Waals surface area contributed by atoms with Gasteiger partial charge >= 0.3 is 5.97 Å². The molecule has 4 aliphatic rings. The van der Waals surface area contributed by atoms with Gasteiger partial charge in [0.1, 0.15) is 11.2 Å². The van der Waals surface area contributed by atoms with E-state index in [4.69, 9.17) is 14.2 Å². The third kappa shape index (κ3) is 3.12. The number of hydrogen-bond donors (Lipinski definition) is 0. The summed E-state index contributed by atoms with van der Waals surface area (Å²) < 4.78 is 19.0. The number of rotatable bonds is 2. The molecule has 2 heterocycles. The van der Waals surface area contributed by atoms with Crippen LogP contribution in [0, 0.1) is 22.7 Å². The quantitative estimate of drug-likeness (QED) is 0.366. The molecule has 2 aliphatic heterocycles. The number of ether oxygens (including phenoxy) is 3. The minimum Gasteiger partial charge on any atom is -0.425 e. The van der Waals surface area contributed by atoms with Gasteiger partial charge < -0.3 is 14.2 Å². The first kappa shape index (κ1) is 21.5. The van der Waals surface area contributed by atoms with Crippen molar-refractivity contribution < 1.29 is 23.8 Å². The van der Waals surface area contributed by atoms with Crippen LogP contribution in [0.25, 0.3) is 0 Å². The van der Waals surface area contributed by atoms with Gasteiger partial charge in [-0.1, -0.05) is 63.6 Å². The Morgan fingerprint density at radius 3 is 2.48 bits per heavy atom. The molecule has 0 N–H and O–H groups in total. The Morgan fingerprint density at radius 2 is 1.77 bits per heavy atom. The van der Waals surface area contributed by atoms with Crippen LogP contribution in [0.4, 0.5) is 0 Å². The molecule has 0 radical (unpaired) electrons. The van der Waals surface area contributed by atoms with Crippen molar-refractivity contribution in [3.05, 3.63) is 29.8 Å². The molecule has 2 saturated carbocycles. The van der Waals surface area contributed by atoms with Crippen LogP contribution >= 0.6 is 11.8 Å². The number of fused-ring (bicyclic) bond motifs is 6. The summed E-state index contributed by atoms with van der Waals surface area (Å²) in [4.78, 5) is 27.5. The summed E-state index contributed by atoms with van der Waals surface area (Å²) in [6, 6.07) is 7.68. The van der Waals surface area contributed by atoms with E-state index in [9.17, 15) is 9.59 Å². The van der Waals surface area contributed by atoms with Gasteiger partial charge in [-0.05, 0) is 36.1 Å². The Morgan fingerprint density at radius 1 is 1.10 bits per heavy atom. The summed E-state index contributed by atoms with van der Waals surface area (Å²) in [7, 11) is 0. The predicted molar refractivity (Wildman–Crippen MR) is 119 cm³/mol. The third-order valence-corrected chi connectivity index (χ3v) is 8.71. The zero-order valence-corrected chi connectivity index (χ0v) is 19.5. The summed E-state index contributed by atoms with van der Waals surface area (Å²) in [6.45, 7) is 7.52. The molecule has 168 valence electrons. The molecule has 0 amide bonds. The number of benzene rings is 1. The minimum absolute atomic E-state index is 0.0211. The van der Waals surface area contributed by atoms with Crippen molar-refractivity contribution in [2.45, 2.75) is 64.6 Å². The second-order valence-corrected chi connectivity index (χ2v) is 11.6. The molecule has 1 aromatic rings. The fraction of sp³-hybridized carbons (Fsp3) is 0.680. The van der Waals surface area contributed by atoms with Gasteiger partial charge in [-0.2, -0.15) is 0 Å². The van der Waals surface area contributed by atoms with Crippen molar-refractivity contribution in [1.29, 1.82) is 0 Å². The van der Waals surface area contributed by atoms with Crippen LogP contribution in [0.3, 0.4) is 0 Å². The van der Waals surface area contributed by atoms with E-state index in [0.717, 1.165) is 31.2 Å². The highest BCUT2D eigenvalue weighted by atomic mass is 32.2. The third-order valence-electron chi connectivity index (χ3n) is 7.82. The van der Waals surface area contributed by atoms with Crippen LogP contribution in [-0.4, -0.2) is 35.8 Å². The van der Waals surface area contributed by atoms with E-state index in [1.54, 1.807) is 0 Å². The fourth-order valence-corrected chi connectivity index (χ4v) is 7.31. The van der Waals surface area contributed by atoms with E-state index >= 15 is 0 Å². The molecule has 5 rings (SSSR count). The first-order valence-corrected chi connectivity index (χ1v) is 12.6. The zero-order valence-electron chi connectivity index (χ0n) is 18.6. The first-order valence-electron chi connectivity index (χ1n) is 11.6. The number of para-hydroxylation sites is 1. The van der Waals surface area contributed by atoms with Gasteiger partial charge in [-0.25, -0.2) is 0 Å². The molecule has 1 aromatic carbocycles. The van der Waals surface area contributed by atoms with Crippen LogP contribution in [0.2, 0.25) is 0 Å². The van der Waals surface area contributed by atoms with Crippen molar-refractivity contribution in [1.82, 2.24) is 0 Å². The second kappa shape index (κ2) is 7.60. The molecule has 0 bridgehead atoms. The Kier molecular flexibility index (Phi) is 5.26. The minimum atomic E-state index is -1.16. The van der Waals surface area contributed by atoms with Crippen LogP contribution < -0.4 is 4.74 Å². The topological polar surface area (TPSA) is 61.8 Å². The summed E-state index contributed by atoms with van der Waals surface area (Å²) >= 11 is 1.26. The Bertz CT molecular complexity index is 886. The molecule has 3 fully saturated rings. The van der Waals surface area contributed by atoms with E-state index in [1.165, 1.54) is 11.8 Å². The largest absolute Gasteiger partial charge is 0.425 e. The molecule has 2 aliphatic carbocycles. The summed E-state index contributed by atoms with van der Waals surface area (Å²) in [5.74, 6) is -0.297. The highest BCUT2D eigenvalue weighted by Gasteiger charge is 2.71. The maximum absolute atomic E-state index is 13.8. The molecule has 5 nitrogen and oxygen atoms in total. The maximum Gasteiger partial charge on any atom is 0.326 e. The van der Waals surface area contributed by atoms with Crippen molar-refractivity contribution in [2.24, 2.45) is 22.7 Å². The maximum atomic E-state index is 13.8. The van der Waals surface area contributed by atoms with Gasteiger partial charge in [0.05, 0.1) is 13.2 Å². The Balaban J connectivity index is 1.68. The monoisotopic (exact) mass is 444 g/mol. The van der Waals surface area contributed by atoms with E-state index < -0.39 is 11.2 Å². The number of thioether (sulfide) groups is 1. The average molecular weight is 445 g/mol. The summed E-state index contributed by atoms with van der Waals surface area (Å²) in [5.41, 5.74) is -0.265. The van der Waals surface area contributed by atoms with Crippen LogP contribution in [0.15, 0.2) is 24.3 Å². The van der Waals surface area contributed by atoms with E-state index in [1.807, 2.05) is 31.2 Å². The molecule has 4 unspecified atom stereocenters. The van der Waals surface area contributed by atoms with Gasteiger partial charge in [0, 0.05) is 23.7 Å². The predicted octanol–water partition coefficient (Wildman–Crippen LogP) is 4.93. The van der Waals surface area contributed by atoms with Crippen molar-refractivity contribution >= 4 is 22.8 Å². The highest BCUT2D eigenvalue weighted by Crippen LogP contribution is 2.66. The molecular formula is C25H32O5S. The first-order chi connectivity index (χ1) is 14.8. The molecule has 6 heteroatoms. The Labute approximate surface area is 188 Å². The van der Waals surface area contributed by atoms with Crippen LogP contribution in [-0.2, 0) is 19.1 Å². The second-order valence-electron chi connectivity index (χ2n) is 10.3. The zero-order chi connectivity index (χ0) is 21.9. The summed E-state index contributed by atoms with van der Waals surface area (Å²) in [5, 5.41) is -0.0395. The Hall–Kier alpha value is -1.37. The van der Waals surface area contributed by atoms with E-state index in [-0.39, 0.29) is 34.3 Å². The number of carbonyl (C=O) groups excluding carboxylic acids is 2. The normalized spacial score (nSPS) is 35.5. The lowest BCUT2D eigenvalue weighted by molar-refractivity contribution is -0.353. The molecule has 31 heavy (non-hydrogen) atoms. The van der Waals surface area contributed by atoms with Crippen molar-refractivity contribution in [3.63, 3.8) is 0 Å². The standard InChI is InChI=1S/C25H32O5S/c1-4-31-22(27)25-18-11-7-6-10-17(18)24(28-14-23(2,3)15-29-24)13-19(25)16-9-5-8-12-20(16)30-21(25)26/h5,8-9,12,17-19H,4,6-7,10-11,13-15H2,1-3H3. The van der Waals surface area contributed by atoms with Gasteiger partial charge in [-0.3, -0.25) is 9.59 Å². The lowest BCUT2D eigenvalue weighted by atomic mass is 9.49. The van der Waals surface area contributed by atoms with Gasteiger partial charge in [0.15, 0.2) is 5.79 Å². The van der Waals surface area contributed by atoms with Crippen molar-refractivity contribution in [3.8, 4) is 5.75 Å². The molecular weight excluding hydrogens is 412 g/mol. The lowest BCUT2D eigenvalue weighted by Gasteiger charge is -2.61. The smallest absolute Gasteiger partial charge is 0.326 e. The van der Waals surface area contributed by atoms with Crippen molar-refractivity contribution in [2.75, 3.05) is 19.0 Å². The number of esters is 1. The molecule has 0 aromatic heterocycles. The molecule has 1 spiro atoms. The highest BCUT2D eigenvalue weighted by molar-refractivity contribution is 8.13. The van der Waals surface area contributed by atoms with E-state index in [2.05, 4.69) is 13.8 Å². The van der Waals surface area contributed by atoms with Crippen LogP contribution in [0.1, 0.15) is 64.4 Å². The van der Waals surface area contributed by atoms with Crippen LogP contribution in [0.5, 0.6) is 5.75 Å².